The molecule has 1 unspecified atom stereocenters. The zero-order valence-electron chi connectivity index (χ0n) is 12.3. The molecule has 0 heterocycles. The Bertz CT molecular complexity index is 707. The molecule has 1 atom stereocenters. The number of nitrogens with one attached hydrogen (secondary N) is 1. The molecular formula is C19H18N2O. The van der Waals surface area contributed by atoms with Crippen LogP contribution < -0.4 is 11.1 Å². The number of amides is 1. The summed E-state index contributed by atoms with van der Waals surface area (Å²) in [6, 6.07) is 17.6. The third-order valence-electron chi connectivity index (χ3n) is 3.63. The summed E-state index contributed by atoms with van der Waals surface area (Å²) < 4.78 is 0. The fourth-order valence-electron chi connectivity index (χ4n) is 2.25. The largest absolute Gasteiger partial charge is 0.368 e. The summed E-state index contributed by atoms with van der Waals surface area (Å²) in [5, 5.41) is 3.27. The highest BCUT2D eigenvalue weighted by Crippen LogP contribution is 2.24. The molecule has 1 amide bonds. The second kappa shape index (κ2) is 6.46. The lowest BCUT2D eigenvalue weighted by molar-refractivity contribution is -0.120. The van der Waals surface area contributed by atoms with Gasteiger partial charge in [-0.05, 0) is 42.7 Å². The minimum atomic E-state index is -0.413. The van der Waals surface area contributed by atoms with Crippen molar-refractivity contribution in [2.24, 2.45) is 5.73 Å². The van der Waals surface area contributed by atoms with Crippen molar-refractivity contribution in [1.82, 2.24) is 5.32 Å². The maximum absolute atomic E-state index is 11.6. The molecule has 22 heavy (non-hydrogen) atoms. The van der Waals surface area contributed by atoms with Crippen LogP contribution >= 0.6 is 0 Å². The van der Waals surface area contributed by atoms with Crippen LogP contribution in [-0.2, 0) is 4.79 Å². The molecule has 0 aliphatic heterocycles. The van der Waals surface area contributed by atoms with E-state index in [0.717, 1.165) is 29.5 Å². The minimum Gasteiger partial charge on any atom is -0.368 e. The first-order valence-corrected chi connectivity index (χ1v) is 7.45. The lowest BCUT2D eigenvalue weighted by atomic mass is 10.0. The first kappa shape index (κ1) is 14.4. The highest BCUT2D eigenvalue weighted by atomic mass is 16.1. The fraction of sp³-hybridized carbons (Fsp3) is 0.211. The molecule has 3 rings (SSSR count). The van der Waals surface area contributed by atoms with Crippen molar-refractivity contribution >= 4 is 5.91 Å². The zero-order valence-corrected chi connectivity index (χ0v) is 12.3. The van der Waals surface area contributed by atoms with Crippen LogP contribution in [0.15, 0.2) is 54.6 Å². The van der Waals surface area contributed by atoms with Crippen molar-refractivity contribution in [1.29, 1.82) is 0 Å². The molecule has 1 aliphatic carbocycles. The topological polar surface area (TPSA) is 55.1 Å². The lowest BCUT2D eigenvalue weighted by Gasteiger charge is -2.15. The molecule has 1 aliphatic rings. The number of benzene rings is 2. The first-order valence-electron chi connectivity index (χ1n) is 7.45. The summed E-state index contributed by atoms with van der Waals surface area (Å²) >= 11 is 0. The van der Waals surface area contributed by atoms with E-state index in [1.54, 1.807) is 0 Å². The maximum Gasteiger partial charge on any atom is 0.239 e. The first-order chi connectivity index (χ1) is 10.7. The Morgan fingerprint density at radius 1 is 1.00 bits per heavy atom. The summed E-state index contributed by atoms with van der Waals surface area (Å²) in [5.41, 5.74) is 8.28. The number of primary amides is 1. The molecule has 0 radical (unpaired) electrons. The van der Waals surface area contributed by atoms with E-state index in [-0.39, 0.29) is 5.91 Å². The van der Waals surface area contributed by atoms with Gasteiger partial charge in [0.15, 0.2) is 0 Å². The molecule has 1 fully saturated rings. The van der Waals surface area contributed by atoms with E-state index in [9.17, 15) is 4.79 Å². The van der Waals surface area contributed by atoms with Crippen LogP contribution in [-0.4, -0.2) is 11.9 Å². The second-order valence-electron chi connectivity index (χ2n) is 5.51. The van der Waals surface area contributed by atoms with Gasteiger partial charge in [0.2, 0.25) is 5.91 Å². The molecule has 3 N–H and O–H groups in total. The van der Waals surface area contributed by atoms with Crippen LogP contribution in [0.5, 0.6) is 0 Å². The quantitative estimate of drug-likeness (QED) is 0.849. The second-order valence-corrected chi connectivity index (χ2v) is 5.51. The monoisotopic (exact) mass is 290 g/mol. The van der Waals surface area contributed by atoms with Crippen LogP contribution in [0.2, 0.25) is 0 Å². The molecule has 0 bridgehead atoms. The molecule has 0 spiro atoms. The third-order valence-corrected chi connectivity index (χ3v) is 3.63. The van der Waals surface area contributed by atoms with E-state index in [2.05, 4.69) is 17.2 Å². The van der Waals surface area contributed by atoms with Gasteiger partial charge in [0.25, 0.3) is 0 Å². The van der Waals surface area contributed by atoms with Crippen molar-refractivity contribution in [2.45, 2.75) is 24.9 Å². The standard InChI is InChI=1S/C19H18N2O/c20-19(22)18(21-17-12-13-17)16-10-8-15(9-11-16)7-6-14-4-2-1-3-5-14/h1-5,8-11,17-18,21H,12-13H2,(H2,20,22). The average Bonchev–Trinajstić information content (AvgIpc) is 3.36. The SMILES string of the molecule is NC(=O)C(NC1CC1)c1ccc(C#Cc2ccccc2)cc1. The molecular weight excluding hydrogens is 272 g/mol. The highest BCUT2D eigenvalue weighted by Gasteiger charge is 2.28. The van der Waals surface area contributed by atoms with E-state index < -0.39 is 6.04 Å². The Hall–Kier alpha value is -2.57. The van der Waals surface area contributed by atoms with Crippen molar-refractivity contribution in [3.8, 4) is 11.8 Å². The van der Waals surface area contributed by atoms with Crippen molar-refractivity contribution in [3.05, 3.63) is 71.3 Å². The maximum atomic E-state index is 11.6. The Morgan fingerprint density at radius 2 is 1.59 bits per heavy atom. The Labute approximate surface area is 130 Å². The summed E-state index contributed by atoms with van der Waals surface area (Å²) in [6.45, 7) is 0. The Balaban J connectivity index is 1.74. The number of carbonyl (C=O) groups excluding carboxylic acids is 1. The molecule has 3 heteroatoms. The van der Waals surface area contributed by atoms with Gasteiger partial charge in [-0.2, -0.15) is 0 Å². The van der Waals surface area contributed by atoms with Gasteiger partial charge in [-0.25, -0.2) is 0 Å². The van der Waals surface area contributed by atoms with E-state index in [1.165, 1.54) is 0 Å². The molecule has 0 aromatic heterocycles. The van der Waals surface area contributed by atoms with Crippen molar-refractivity contribution in [2.75, 3.05) is 0 Å². The van der Waals surface area contributed by atoms with E-state index in [1.807, 2.05) is 54.6 Å². The number of rotatable bonds is 4. The minimum absolute atomic E-state index is 0.338. The lowest BCUT2D eigenvalue weighted by Crippen LogP contribution is -2.34. The molecule has 2 aromatic carbocycles. The molecule has 110 valence electrons. The van der Waals surface area contributed by atoms with Gasteiger partial charge in [-0.1, -0.05) is 42.2 Å². The van der Waals surface area contributed by atoms with Gasteiger partial charge >= 0.3 is 0 Å². The van der Waals surface area contributed by atoms with Gasteiger partial charge in [0.1, 0.15) is 6.04 Å². The van der Waals surface area contributed by atoms with E-state index >= 15 is 0 Å². The zero-order chi connectivity index (χ0) is 15.4. The predicted octanol–water partition coefficient (Wildman–Crippen LogP) is 2.36. The van der Waals surface area contributed by atoms with Crippen LogP contribution in [0.4, 0.5) is 0 Å². The van der Waals surface area contributed by atoms with Crippen LogP contribution in [0, 0.1) is 11.8 Å². The average molecular weight is 290 g/mol. The van der Waals surface area contributed by atoms with Gasteiger partial charge in [0, 0.05) is 17.2 Å². The normalized spacial score (nSPS) is 14.7. The number of nitrogens with two attached hydrogens (primary N) is 1. The van der Waals surface area contributed by atoms with E-state index in [4.69, 9.17) is 5.73 Å². The van der Waals surface area contributed by atoms with Crippen LogP contribution in [0.25, 0.3) is 0 Å². The molecule has 2 aromatic rings. The van der Waals surface area contributed by atoms with Gasteiger partial charge in [-0.15, -0.1) is 0 Å². The summed E-state index contributed by atoms with van der Waals surface area (Å²) in [7, 11) is 0. The van der Waals surface area contributed by atoms with E-state index in [0.29, 0.717) is 6.04 Å². The Kier molecular flexibility index (Phi) is 4.22. The number of hydrogen-bond acceptors (Lipinski definition) is 2. The van der Waals surface area contributed by atoms with Gasteiger partial charge < -0.3 is 5.73 Å². The smallest absolute Gasteiger partial charge is 0.239 e. The third kappa shape index (κ3) is 3.75. The molecule has 3 nitrogen and oxygen atoms in total. The van der Waals surface area contributed by atoms with Crippen LogP contribution in [0.3, 0.4) is 0 Å². The Morgan fingerprint density at radius 3 is 2.14 bits per heavy atom. The van der Waals surface area contributed by atoms with Crippen molar-refractivity contribution < 1.29 is 4.79 Å². The molecule has 1 saturated carbocycles. The number of hydrogen-bond donors (Lipinski definition) is 2. The highest BCUT2D eigenvalue weighted by molar-refractivity contribution is 5.81. The van der Waals surface area contributed by atoms with Crippen molar-refractivity contribution in [3.63, 3.8) is 0 Å². The predicted molar refractivity (Wildman–Crippen MR) is 87.0 cm³/mol. The molecule has 0 saturated heterocycles. The van der Waals surface area contributed by atoms with Gasteiger partial charge in [0.05, 0.1) is 0 Å². The fourth-order valence-corrected chi connectivity index (χ4v) is 2.25. The van der Waals surface area contributed by atoms with Crippen LogP contribution in [0.1, 0.15) is 35.6 Å². The number of carbonyl (C=O) groups is 1. The summed E-state index contributed by atoms with van der Waals surface area (Å²) in [5.74, 6) is 5.90. The summed E-state index contributed by atoms with van der Waals surface area (Å²) in [6.07, 6.45) is 2.23. The summed E-state index contributed by atoms with van der Waals surface area (Å²) in [4.78, 5) is 11.6. The van der Waals surface area contributed by atoms with Gasteiger partial charge in [-0.3, -0.25) is 10.1 Å².